The molecular formula is C15H17N3O2S. The Hall–Kier alpha value is -1.82. The highest BCUT2D eigenvalue weighted by molar-refractivity contribution is 8.14. The molecule has 6 heteroatoms. The van der Waals surface area contributed by atoms with Crippen LogP contribution in [0.5, 0.6) is 0 Å². The van der Waals surface area contributed by atoms with Crippen molar-refractivity contribution in [3.8, 4) is 0 Å². The standard InChI is InChI=1S/C15H17N3O2S/c19-13-7-6-11(8-16-13)17-14(20)12-9-21-15(18-12)10-4-2-1-3-5-10/h1-5,11-12H,6-9H2,(H,16,19)(H,17,20). The molecule has 2 heterocycles. The van der Waals surface area contributed by atoms with Crippen LogP contribution in [0.1, 0.15) is 18.4 Å². The van der Waals surface area contributed by atoms with Gasteiger partial charge in [-0.15, -0.1) is 11.8 Å². The van der Waals surface area contributed by atoms with Gasteiger partial charge in [-0.1, -0.05) is 30.3 Å². The average Bonchev–Trinajstić information content (AvgIpc) is 3.00. The largest absolute Gasteiger partial charge is 0.354 e. The van der Waals surface area contributed by atoms with Crippen LogP contribution in [0.15, 0.2) is 35.3 Å². The van der Waals surface area contributed by atoms with Crippen LogP contribution >= 0.6 is 11.8 Å². The Morgan fingerprint density at radius 1 is 1.33 bits per heavy atom. The van der Waals surface area contributed by atoms with Gasteiger partial charge in [0.2, 0.25) is 11.8 Å². The van der Waals surface area contributed by atoms with Crippen LogP contribution in [-0.2, 0) is 9.59 Å². The summed E-state index contributed by atoms with van der Waals surface area (Å²) in [6, 6.07) is 9.60. The number of nitrogens with one attached hydrogen (secondary N) is 2. The summed E-state index contributed by atoms with van der Waals surface area (Å²) in [6.07, 6.45) is 1.18. The molecule has 5 nitrogen and oxygen atoms in total. The Balaban J connectivity index is 1.59. The van der Waals surface area contributed by atoms with E-state index in [0.29, 0.717) is 25.1 Å². The number of hydrogen-bond donors (Lipinski definition) is 2. The van der Waals surface area contributed by atoms with Gasteiger partial charge in [-0.2, -0.15) is 0 Å². The van der Waals surface area contributed by atoms with E-state index >= 15 is 0 Å². The molecule has 0 radical (unpaired) electrons. The fourth-order valence-electron chi connectivity index (χ4n) is 2.40. The lowest BCUT2D eigenvalue weighted by molar-refractivity contribution is -0.126. The summed E-state index contributed by atoms with van der Waals surface area (Å²) in [7, 11) is 0. The van der Waals surface area contributed by atoms with Gasteiger partial charge in [-0.3, -0.25) is 14.6 Å². The van der Waals surface area contributed by atoms with Crippen molar-refractivity contribution in [1.82, 2.24) is 10.6 Å². The van der Waals surface area contributed by atoms with Crippen molar-refractivity contribution in [1.29, 1.82) is 0 Å². The molecule has 0 saturated carbocycles. The molecule has 2 atom stereocenters. The first-order valence-electron chi connectivity index (χ1n) is 7.05. The van der Waals surface area contributed by atoms with Gasteiger partial charge in [0.15, 0.2) is 0 Å². The number of nitrogens with zero attached hydrogens (tertiary/aromatic N) is 1. The summed E-state index contributed by atoms with van der Waals surface area (Å²) in [5.41, 5.74) is 1.06. The normalized spacial score (nSPS) is 25.1. The number of aliphatic imine (C=N–C) groups is 1. The van der Waals surface area contributed by atoms with Crippen LogP contribution < -0.4 is 10.6 Å². The molecule has 1 aromatic carbocycles. The fourth-order valence-corrected chi connectivity index (χ4v) is 3.45. The van der Waals surface area contributed by atoms with Crippen LogP contribution in [0.25, 0.3) is 0 Å². The molecule has 0 spiro atoms. The van der Waals surface area contributed by atoms with Crippen molar-refractivity contribution in [2.24, 2.45) is 4.99 Å². The molecule has 2 N–H and O–H groups in total. The SMILES string of the molecule is O=C1CCC(NC(=O)C2CSC(c3ccccc3)=N2)CN1. The van der Waals surface area contributed by atoms with E-state index < -0.39 is 0 Å². The third kappa shape index (κ3) is 3.44. The highest BCUT2D eigenvalue weighted by Gasteiger charge is 2.28. The maximum Gasteiger partial charge on any atom is 0.245 e. The molecule has 1 fully saturated rings. The number of carbonyl (C=O) groups is 2. The zero-order chi connectivity index (χ0) is 14.7. The number of benzene rings is 1. The Labute approximate surface area is 127 Å². The number of piperidine rings is 1. The van der Waals surface area contributed by atoms with Gasteiger partial charge in [0, 0.05) is 30.3 Å². The van der Waals surface area contributed by atoms with E-state index in [1.807, 2.05) is 30.3 Å². The summed E-state index contributed by atoms with van der Waals surface area (Å²) in [5.74, 6) is 0.686. The maximum absolute atomic E-state index is 12.2. The topological polar surface area (TPSA) is 70.6 Å². The minimum atomic E-state index is -0.331. The second-order valence-electron chi connectivity index (χ2n) is 5.18. The molecular weight excluding hydrogens is 286 g/mol. The molecule has 2 aliphatic rings. The van der Waals surface area contributed by atoms with Crippen LogP contribution in [0.4, 0.5) is 0 Å². The second kappa shape index (κ2) is 6.30. The second-order valence-corrected chi connectivity index (χ2v) is 6.18. The molecule has 0 aromatic heterocycles. The number of rotatable bonds is 3. The van der Waals surface area contributed by atoms with Crippen molar-refractivity contribution in [3.05, 3.63) is 35.9 Å². The maximum atomic E-state index is 12.2. The van der Waals surface area contributed by atoms with Gasteiger partial charge < -0.3 is 10.6 Å². The molecule has 0 aliphatic carbocycles. The molecule has 21 heavy (non-hydrogen) atoms. The molecule has 3 rings (SSSR count). The Morgan fingerprint density at radius 3 is 2.86 bits per heavy atom. The summed E-state index contributed by atoms with van der Waals surface area (Å²) < 4.78 is 0. The zero-order valence-corrected chi connectivity index (χ0v) is 12.4. The lowest BCUT2D eigenvalue weighted by Crippen LogP contribution is -2.50. The van der Waals surface area contributed by atoms with Crippen molar-refractivity contribution >= 4 is 28.6 Å². The minimum Gasteiger partial charge on any atom is -0.354 e. The summed E-state index contributed by atoms with van der Waals surface area (Å²) >= 11 is 1.61. The third-order valence-corrected chi connectivity index (χ3v) is 4.68. The first-order chi connectivity index (χ1) is 10.2. The van der Waals surface area contributed by atoms with E-state index in [-0.39, 0.29) is 23.9 Å². The number of carbonyl (C=O) groups excluding carboxylic acids is 2. The molecule has 110 valence electrons. The summed E-state index contributed by atoms with van der Waals surface area (Å²) in [5, 5.41) is 6.67. The van der Waals surface area contributed by atoms with Crippen LogP contribution in [0.3, 0.4) is 0 Å². The molecule has 1 saturated heterocycles. The number of amides is 2. The van der Waals surface area contributed by atoms with E-state index in [4.69, 9.17) is 0 Å². The average molecular weight is 303 g/mol. The lowest BCUT2D eigenvalue weighted by Gasteiger charge is -2.24. The zero-order valence-electron chi connectivity index (χ0n) is 11.5. The quantitative estimate of drug-likeness (QED) is 0.873. The van der Waals surface area contributed by atoms with Crippen molar-refractivity contribution < 1.29 is 9.59 Å². The van der Waals surface area contributed by atoms with Gasteiger partial charge in [-0.25, -0.2) is 0 Å². The Bertz CT molecular complexity index is 564. The number of hydrogen-bond acceptors (Lipinski definition) is 4. The Morgan fingerprint density at radius 2 is 2.14 bits per heavy atom. The van der Waals surface area contributed by atoms with Crippen LogP contribution in [0.2, 0.25) is 0 Å². The highest BCUT2D eigenvalue weighted by Crippen LogP contribution is 2.23. The van der Waals surface area contributed by atoms with Crippen LogP contribution in [0, 0.1) is 0 Å². The van der Waals surface area contributed by atoms with Crippen molar-refractivity contribution in [3.63, 3.8) is 0 Å². The summed E-state index contributed by atoms with van der Waals surface area (Å²) in [4.78, 5) is 27.8. The molecule has 2 aliphatic heterocycles. The van der Waals surface area contributed by atoms with Gasteiger partial charge in [-0.05, 0) is 6.42 Å². The fraction of sp³-hybridized carbons (Fsp3) is 0.400. The molecule has 2 unspecified atom stereocenters. The van der Waals surface area contributed by atoms with Crippen molar-refractivity contribution in [2.45, 2.75) is 24.9 Å². The minimum absolute atomic E-state index is 0.0242. The van der Waals surface area contributed by atoms with E-state index in [1.165, 1.54) is 0 Å². The van der Waals surface area contributed by atoms with Gasteiger partial charge in [0.05, 0.1) is 5.04 Å². The first kappa shape index (κ1) is 14.1. The third-order valence-electron chi connectivity index (χ3n) is 3.59. The van der Waals surface area contributed by atoms with Crippen LogP contribution in [-0.4, -0.2) is 41.2 Å². The lowest BCUT2D eigenvalue weighted by atomic mass is 10.1. The van der Waals surface area contributed by atoms with Gasteiger partial charge in [0.25, 0.3) is 0 Å². The van der Waals surface area contributed by atoms with E-state index in [2.05, 4.69) is 15.6 Å². The van der Waals surface area contributed by atoms with E-state index in [9.17, 15) is 9.59 Å². The highest BCUT2D eigenvalue weighted by atomic mass is 32.2. The molecule has 0 bridgehead atoms. The van der Waals surface area contributed by atoms with E-state index in [1.54, 1.807) is 11.8 Å². The predicted molar refractivity (Wildman–Crippen MR) is 83.4 cm³/mol. The summed E-state index contributed by atoms with van der Waals surface area (Å²) in [6.45, 7) is 0.514. The smallest absolute Gasteiger partial charge is 0.245 e. The molecule has 2 amide bonds. The number of thioether (sulfide) groups is 1. The van der Waals surface area contributed by atoms with Gasteiger partial charge in [0.1, 0.15) is 6.04 Å². The monoisotopic (exact) mass is 303 g/mol. The predicted octanol–water partition coefficient (Wildman–Crippen LogP) is 0.943. The van der Waals surface area contributed by atoms with E-state index in [0.717, 1.165) is 10.6 Å². The first-order valence-corrected chi connectivity index (χ1v) is 8.04. The van der Waals surface area contributed by atoms with Crippen molar-refractivity contribution in [2.75, 3.05) is 12.3 Å². The molecule has 1 aromatic rings. The van der Waals surface area contributed by atoms with Gasteiger partial charge >= 0.3 is 0 Å². The Kier molecular flexibility index (Phi) is 4.24.